The van der Waals surface area contributed by atoms with Gasteiger partial charge in [0.15, 0.2) is 0 Å². The molecule has 152 valence electrons. The van der Waals surface area contributed by atoms with Crippen LogP contribution in [0.4, 0.5) is 5.69 Å². The minimum atomic E-state index is -3.20. The van der Waals surface area contributed by atoms with Crippen LogP contribution in [0.5, 0.6) is 0 Å². The number of aryl methyl sites for hydroxylation is 1. The van der Waals surface area contributed by atoms with Crippen LogP contribution in [0.2, 0.25) is 5.02 Å². The molecule has 1 aliphatic rings. The van der Waals surface area contributed by atoms with E-state index in [1.165, 1.54) is 10.6 Å². The Morgan fingerprint density at radius 2 is 1.89 bits per heavy atom. The largest absolute Gasteiger partial charge is 0.323 e. The van der Waals surface area contributed by atoms with E-state index in [1.807, 2.05) is 42.8 Å². The maximum absolute atomic E-state index is 12.7. The maximum Gasteiger partial charge on any atom is 0.227 e. The lowest BCUT2D eigenvalue weighted by Crippen LogP contribution is -2.41. The molecule has 0 atom stereocenters. The van der Waals surface area contributed by atoms with E-state index >= 15 is 0 Å². The zero-order valence-corrected chi connectivity index (χ0v) is 17.8. The lowest BCUT2D eigenvalue weighted by molar-refractivity contribution is -0.120. The third-order valence-electron chi connectivity index (χ3n) is 5.20. The highest BCUT2D eigenvalue weighted by atomic mass is 35.5. The third kappa shape index (κ3) is 4.56. The van der Waals surface area contributed by atoms with Gasteiger partial charge < -0.3 is 5.32 Å². The van der Waals surface area contributed by atoms with Crippen molar-refractivity contribution in [1.29, 1.82) is 0 Å². The molecule has 1 aliphatic heterocycles. The summed E-state index contributed by atoms with van der Waals surface area (Å²) >= 11 is 6.25. The first-order valence-corrected chi connectivity index (χ1v) is 11.4. The maximum atomic E-state index is 12.7. The van der Waals surface area contributed by atoms with Crippen LogP contribution >= 0.6 is 11.6 Å². The highest BCUT2D eigenvalue weighted by Gasteiger charge is 2.29. The number of carbonyl (C=O) groups excluding carboxylic acids is 1. The summed E-state index contributed by atoms with van der Waals surface area (Å²) in [7, 11) is -3.20. The van der Waals surface area contributed by atoms with Crippen LogP contribution < -0.4 is 5.32 Å². The first kappa shape index (κ1) is 20.8. The standard InChI is InChI=1S/C19H25ClN4O3S/c1-13-18(14(2)24(22-13)12-16-6-4-5-7-17(16)20)21-19(25)15-8-10-23(11-9-15)28(3,26)27/h4-7,15H,8-12H2,1-3H3,(H,21,25). The van der Waals surface area contributed by atoms with Crippen molar-refractivity contribution in [3.63, 3.8) is 0 Å². The second-order valence-corrected chi connectivity index (χ2v) is 9.61. The average molecular weight is 425 g/mol. The number of aromatic nitrogens is 2. The Hall–Kier alpha value is -1.90. The van der Waals surface area contributed by atoms with Crippen molar-refractivity contribution in [2.75, 3.05) is 24.7 Å². The van der Waals surface area contributed by atoms with E-state index in [0.29, 0.717) is 43.2 Å². The quantitative estimate of drug-likeness (QED) is 0.799. The molecule has 3 rings (SSSR count). The Kier molecular flexibility index (Phi) is 6.12. The lowest BCUT2D eigenvalue weighted by Gasteiger charge is -2.29. The number of amides is 1. The molecule has 0 radical (unpaired) electrons. The van der Waals surface area contributed by atoms with Crippen molar-refractivity contribution in [1.82, 2.24) is 14.1 Å². The Morgan fingerprint density at radius 3 is 2.50 bits per heavy atom. The molecule has 0 saturated carbocycles. The van der Waals surface area contributed by atoms with Gasteiger partial charge in [-0.3, -0.25) is 9.48 Å². The fraction of sp³-hybridized carbons (Fsp3) is 0.474. The van der Waals surface area contributed by atoms with Crippen LogP contribution in [0.25, 0.3) is 0 Å². The predicted molar refractivity (Wildman–Crippen MR) is 110 cm³/mol. The molecule has 9 heteroatoms. The predicted octanol–water partition coefficient (Wildman–Crippen LogP) is 2.81. The van der Waals surface area contributed by atoms with Crippen LogP contribution in [0.15, 0.2) is 24.3 Å². The van der Waals surface area contributed by atoms with E-state index in [0.717, 1.165) is 17.0 Å². The molecule has 0 bridgehead atoms. The molecular weight excluding hydrogens is 400 g/mol. The SMILES string of the molecule is Cc1nn(Cc2ccccc2Cl)c(C)c1NC(=O)C1CCN(S(C)(=O)=O)CC1. The van der Waals surface area contributed by atoms with Crippen molar-refractivity contribution in [2.24, 2.45) is 5.92 Å². The number of piperidine rings is 1. The van der Waals surface area contributed by atoms with E-state index in [9.17, 15) is 13.2 Å². The molecule has 1 saturated heterocycles. The number of rotatable bonds is 5. The first-order chi connectivity index (χ1) is 13.2. The van der Waals surface area contributed by atoms with Crippen LogP contribution in [0.1, 0.15) is 29.8 Å². The molecular formula is C19H25ClN4O3S. The van der Waals surface area contributed by atoms with Gasteiger partial charge in [-0.25, -0.2) is 12.7 Å². The second kappa shape index (κ2) is 8.23. The van der Waals surface area contributed by atoms with E-state index in [4.69, 9.17) is 11.6 Å². The smallest absolute Gasteiger partial charge is 0.227 e. The minimum absolute atomic E-state index is 0.0864. The summed E-state index contributed by atoms with van der Waals surface area (Å²) in [6.07, 6.45) is 2.24. The molecule has 1 fully saturated rings. The molecule has 28 heavy (non-hydrogen) atoms. The summed E-state index contributed by atoms with van der Waals surface area (Å²) in [5.74, 6) is -0.291. The van der Waals surface area contributed by atoms with Crippen molar-refractivity contribution in [2.45, 2.75) is 33.2 Å². The molecule has 0 aliphatic carbocycles. The Bertz CT molecular complexity index is 979. The molecule has 0 unspecified atom stereocenters. The molecule has 1 aromatic heterocycles. The average Bonchev–Trinajstić information content (AvgIpc) is 2.90. The van der Waals surface area contributed by atoms with E-state index in [2.05, 4.69) is 10.4 Å². The number of nitrogens with one attached hydrogen (secondary N) is 1. The Morgan fingerprint density at radius 1 is 1.25 bits per heavy atom. The summed E-state index contributed by atoms with van der Waals surface area (Å²) in [6.45, 7) is 5.05. The summed E-state index contributed by atoms with van der Waals surface area (Å²) in [5, 5.41) is 8.22. The van der Waals surface area contributed by atoms with Gasteiger partial charge in [0.05, 0.1) is 29.9 Å². The summed E-state index contributed by atoms with van der Waals surface area (Å²) in [5.41, 5.74) is 3.27. The van der Waals surface area contributed by atoms with E-state index < -0.39 is 10.0 Å². The number of hydrogen-bond acceptors (Lipinski definition) is 4. The number of hydrogen-bond donors (Lipinski definition) is 1. The van der Waals surface area contributed by atoms with Gasteiger partial charge in [-0.1, -0.05) is 29.8 Å². The van der Waals surface area contributed by atoms with Crippen LogP contribution in [0, 0.1) is 19.8 Å². The molecule has 7 nitrogen and oxygen atoms in total. The van der Waals surface area contributed by atoms with Gasteiger partial charge in [-0.2, -0.15) is 5.10 Å². The molecule has 0 spiro atoms. The number of nitrogens with zero attached hydrogens (tertiary/aromatic N) is 3. The number of anilines is 1. The summed E-state index contributed by atoms with van der Waals surface area (Å²) in [6, 6.07) is 7.60. The highest BCUT2D eigenvalue weighted by Crippen LogP contribution is 2.25. The second-order valence-electron chi connectivity index (χ2n) is 7.22. The fourth-order valence-electron chi connectivity index (χ4n) is 3.49. The van der Waals surface area contributed by atoms with Crippen LogP contribution in [-0.2, 0) is 21.4 Å². The van der Waals surface area contributed by atoms with Crippen molar-refractivity contribution in [3.05, 3.63) is 46.2 Å². The Labute approximate surface area is 170 Å². The van der Waals surface area contributed by atoms with Gasteiger partial charge in [-0.05, 0) is 38.3 Å². The van der Waals surface area contributed by atoms with Gasteiger partial charge in [0.2, 0.25) is 15.9 Å². The zero-order chi connectivity index (χ0) is 20.5. The lowest BCUT2D eigenvalue weighted by atomic mass is 9.97. The first-order valence-electron chi connectivity index (χ1n) is 9.20. The zero-order valence-electron chi connectivity index (χ0n) is 16.3. The summed E-state index contributed by atoms with van der Waals surface area (Å²) in [4.78, 5) is 12.7. The molecule has 1 N–H and O–H groups in total. The molecule has 1 amide bonds. The van der Waals surface area contributed by atoms with E-state index in [-0.39, 0.29) is 11.8 Å². The molecule has 2 aromatic rings. The molecule has 2 heterocycles. The van der Waals surface area contributed by atoms with Gasteiger partial charge in [0.1, 0.15) is 0 Å². The van der Waals surface area contributed by atoms with Gasteiger partial charge in [-0.15, -0.1) is 0 Å². The third-order valence-corrected chi connectivity index (χ3v) is 6.87. The number of carbonyl (C=O) groups is 1. The number of sulfonamides is 1. The van der Waals surface area contributed by atoms with Gasteiger partial charge in [0, 0.05) is 24.0 Å². The van der Waals surface area contributed by atoms with Crippen LogP contribution in [0.3, 0.4) is 0 Å². The number of halogens is 1. The van der Waals surface area contributed by atoms with E-state index in [1.54, 1.807) is 0 Å². The monoisotopic (exact) mass is 424 g/mol. The highest BCUT2D eigenvalue weighted by molar-refractivity contribution is 7.88. The fourth-order valence-corrected chi connectivity index (χ4v) is 4.56. The van der Waals surface area contributed by atoms with Crippen molar-refractivity contribution in [3.8, 4) is 0 Å². The normalized spacial score (nSPS) is 16.3. The van der Waals surface area contributed by atoms with Gasteiger partial charge >= 0.3 is 0 Å². The topological polar surface area (TPSA) is 84.3 Å². The number of benzene rings is 1. The van der Waals surface area contributed by atoms with Gasteiger partial charge in [0.25, 0.3) is 0 Å². The minimum Gasteiger partial charge on any atom is -0.323 e. The van der Waals surface area contributed by atoms with Crippen LogP contribution in [-0.4, -0.2) is 47.8 Å². The Balaban J connectivity index is 1.69. The summed E-state index contributed by atoms with van der Waals surface area (Å²) < 4.78 is 26.5. The van der Waals surface area contributed by atoms with Crippen molar-refractivity contribution < 1.29 is 13.2 Å². The molecule has 1 aromatic carbocycles. The van der Waals surface area contributed by atoms with Crippen molar-refractivity contribution >= 4 is 33.2 Å².